The number of Topliss-reactive ketones (excluding diaryl/α,β-unsaturated/α-hetero) is 1. The molecular formula is C9H16O5. The molecule has 0 aromatic heterocycles. The first-order valence-electron chi connectivity index (χ1n) is 4.33. The summed E-state index contributed by atoms with van der Waals surface area (Å²) in [5.41, 5.74) is 0. The normalized spacial score (nSPS) is 8.43. The minimum atomic E-state index is -0.916. The van der Waals surface area contributed by atoms with Crippen molar-refractivity contribution in [2.45, 2.75) is 39.5 Å². The van der Waals surface area contributed by atoms with Gasteiger partial charge in [0.25, 0.3) is 0 Å². The van der Waals surface area contributed by atoms with Gasteiger partial charge in [0, 0.05) is 12.8 Å². The van der Waals surface area contributed by atoms with Crippen molar-refractivity contribution >= 4 is 17.7 Å². The van der Waals surface area contributed by atoms with Crippen molar-refractivity contribution in [2.24, 2.45) is 0 Å². The summed E-state index contributed by atoms with van der Waals surface area (Å²) in [7, 11) is 0. The van der Waals surface area contributed by atoms with Crippen molar-refractivity contribution in [2.75, 3.05) is 0 Å². The highest BCUT2D eigenvalue weighted by Gasteiger charge is 1.97. The minimum absolute atomic E-state index is 0.0463. The molecule has 0 aliphatic carbocycles. The van der Waals surface area contributed by atoms with Crippen LogP contribution in [0, 0.1) is 0 Å². The average Bonchev–Trinajstić information content (AvgIpc) is 2.01. The van der Waals surface area contributed by atoms with Crippen molar-refractivity contribution in [3.63, 3.8) is 0 Å². The molecule has 0 saturated heterocycles. The van der Waals surface area contributed by atoms with Gasteiger partial charge in [-0.05, 0) is 13.3 Å². The highest BCUT2D eigenvalue weighted by molar-refractivity contribution is 5.80. The first-order valence-corrected chi connectivity index (χ1v) is 4.33. The van der Waals surface area contributed by atoms with Crippen LogP contribution in [0.1, 0.15) is 39.5 Å². The van der Waals surface area contributed by atoms with Crippen LogP contribution in [0.4, 0.5) is 0 Å². The van der Waals surface area contributed by atoms with Crippen LogP contribution in [0.15, 0.2) is 0 Å². The molecule has 0 fully saturated rings. The van der Waals surface area contributed by atoms with Gasteiger partial charge in [0.2, 0.25) is 0 Å². The molecule has 0 aromatic carbocycles. The van der Waals surface area contributed by atoms with Crippen molar-refractivity contribution in [1.29, 1.82) is 0 Å². The van der Waals surface area contributed by atoms with E-state index in [1.807, 2.05) is 6.92 Å². The summed E-state index contributed by atoms with van der Waals surface area (Å²) in [5, 5.41) is 15.9. The van der Waals surface area contributed by atoms with Crippen LogP contribution in [-0.4, -0.2) is 27.9 Å². The van der Waals surface area contributed by atoms with Crippen molar-refractivity contribution in [1.82, 2.24) is 0 Å². The first kappa shape index (κ1) is 15.1. The number of carboxylic acids is 2. The fourth-order valence-corrected chi connectivity index (χ4v) is 0.497. The smallest absolute Gasteiger partial charge is 0.303 e. The standard InChI is InChI=1S/C5H8O3.C4H8O2/c1-4(6)2-3-5(7)8;1-2-3-4(5)6/h2-3H2,1H3,(H,7,8);2-3H2,1H3,(H,5,6). The minimum Gasteiger partial charge on any atom is -0.481 e. The SMILES string of the molecule is CC(=O)CCC(=O)O.CCCC(=O)O. The van der Waals surface area contributed by atoms with Gasteiger partial charge in [-0.15, -0.1) is 0 Å². The van der Waals surface area contributed by atoms with Gasteiger partial charge in [0.1, 0.15) is 5.78 Å². The highest BCUT2D eigenvalue weighted by Crippen LogP contribution is 1.87. The lowest BCUT2D eigenvalue weighted by Gasteiger charge is -1.86. The molecule has 0 radical (unpaired) electrons. The number of hydrogen-bond acceptors (Lipinski definition) is 3. The Morgan fingerprint density at radius 3 is 1.43 bits per heavy atom. The van der Waals surface area contributed by atoms with Gasteiger partial charge in [-0.2, -0.15) is 0 Å². The predicted octanol–water partition coefficient (Wildman–Crippen LogP) is 1.31. The first-order chi connectivity index (χ1) is 6.40. The molecule has 5 heteroatoms. The monoisotopic (exact) mass is 204 g/mol. The lowest BCUT2D eigenvalue weighted by molar-refractivity contribution is -0.138. The summed E-state index contributed by atoms with van der Waals surface area (Å²) in [6.07, 6.45) is 1.12. The number of rotatable bonds is 5. The van der Waals surface area contributed by atoms with Crippen molar-refractivity contribution in [3.8, 4) is 0 Å². The van der Waals surface area contributed by atoms with Gasteiger partial charge in [0.15, 0.2) is 0 Å². The zero-order valence-electron chi connectivity index (χ0n) is 8.45. The number of carbonyl (C=O) groups excluding carboxylic acids is 1. The van der Waals surface area contributed by atoms with Crippen LogP contribution in [0.3, 0.4) is 0 Å². The maximum Gasteiger partial charge on any atom is 0.303 e. The number of hydrogen-bond donors (Lipinski definition) is 2. The predicted molar refractivity (Wildman–Crippen MR) is 50.1 cm³/mol. The molecule has 0 rings (SSSR count). The zero-order valence-corrected chi connectivity index (χ0v) is 8.45. The third-order valence-electron chi connectivity index (χ3n) is 1.15. The number of carboxylic acid groups (broad SMARTS) is 2. The van der Waals surface area contributed by atoms with E-state index < -0.39 is 11.9 Å². The fourth-order valence-electron chi connectivity index (χ4n) is 0.497. The fraction of sp³-hybridized carbons (Fsp3) is 0.667. The van der Waals surface area contributed by atoms with E-state index >= 15 is 0 Å². The second-order valence-corrected chi connectivity index (χ2v) is 2.74. The van der Waals surface area contributed by atoms with Crippen LogP contribution in [0.5, 0.6) is 0 Å². The van der Waals surface area contributed by atoms with E-state index in [2.05, 4.69) is 0 Å². The van der Waals surface area contributed by atoms with Gasteiger partial charge in [-0.3, -0.25) is 9.59 Å². The van der Waals surface area contributed by atoms with E-state index in [0.717, 1.165) is 6.42 Å². The molecule has 0 unspecified atom stereocenters. The summed E-state index contributed by atoms with van der Waals surface area (Å²) >= 11 is 0. The van der Waals surface area contributed by atoms with Gasteiger partial charge >= 0.3 is 11.9 Å². The number of ketones is 1. The van der Waals surface area contributed by atoms with Crippen LogP contribution < -0.4 is 0 Å². The topological polar surface area (TPSA) is 91.7 Å². The Morgan fingerprint density at radius 1 is 0.929 bits per heavy atom. The lowest BCUT2D eigenvalue weighted by atomic mass is 10.2. The Labute approximate surface area is 82.7 Å². The average molecular weight is 204 g/mol. The van der Waals surface area contributed by atoms with Gasteiger partial charge < -0.3 is 15.0 Å². The number of aliphatic carboxylic acids is 2. The molecule has 0 aromatic rings. The summed E-state index contributed by atoms with van der Waals surface area (Å²) in [6.45, 7) is 3.22. The summed E-state index contributed by atoms with van der Waals surface area (Å²) < 4.78 is 0. The quantitative estimate of drug-likeness (QED) is 0.704. The maximum absolute atomic E-state index is 10.1. The third kappa shape index (κ3) is 22.4. The molecule has 0 atom stereocenters. The van der Waals surface area contributed by atoms with E-state index in [1.54, 1.807) is 0 Å². The largest absolute Gasteiger partial charge is 0.481 e. The van der Waals surface area contributed by atoms with Gasteiger partial charge in [-0.25, -0.2) is 0 Å². The molecule has 2 N–H and O–H groups in total. The second-order valence-electron chi connectivity index (χ2n) is 2.74. The van der Waals surface area contributed by atoms with E-state index in [9.17, 15) is 14.4 Å². The molecule has 0 saturated carbocycles. The Hall–Kier alpha value is -1.39. The van der Waals surface area contributed by atoms with Crippen molar-refractivity contribution in [3.05, 3.63) is 0 Å². The Morgan fingerprint density at radius 2 is 1.36 bits per heavy atom. The number of carbonyl (C=O) groups is 3. The van der Waals surface area contributed by atoms with E-state index in [-0.39, 0.29) is 18.6 Å². The van der Waals surface area contributed by atoms with Crippen LogP contribution >= 0.6 is 0 Å². The molecule has 0 aliphatic rings. The van der Waals surface area contributed by atoms with Crippen LogP contribution in [0.25, 0.3) is 0 Å². The highest BCUT2D eigenvalue weighted by atomic mass is 16.4. The van der Waals surface area contributed by atoms with E-state index in [4.69, 9.17) is 10.2 Å². The van der Waals surface area contributed by atoms with E-state index in [1.165, 1.54) is 6.92 Å². The lowest BCUT2D eigenvalue weighted by Crippen LogP contribution is -1.98. The van der Waals surface area contributed by atoms with Gasteiger partial charge in [-0.1, -0.05) is 6.92 Å². The molecule has 82 valence electrons. The molecule has 14 heavy (non-hydrogen) atoms. The summed E-state index contributed by atoms with van der Waals surface area (Å²) in [6, 6.07) is 0. The van der Waals surface area contributed by atoms with Gasteiger partial charge in [0.05, 0.1) is 6.42 Å². The Bertz CT molecular complexity index is 183. The van der Waals surface area contributed by atoms with Crippen molar-refractivity contribution < 1.29 is 24.6 Å². The molecule has 0 spiro atoms. The van der Waals surface area contributed by atoms with Crippen LogP contribution in [0.2, 0.25) is 0 Å². The molecule has 0 amide bonds. The summed E-state index contributed by atoms with van der Waals surface area (Å²) in [4.78, 5) is 29.4. The molecule has 0 bridgehead atoms. The Kier molecular flexibility index (Phi) is 10.5. The Balaban J connectivity index is 0. The zero-order chi connectivity index (χ0) is 11.6. The second kappa shape index (κ2) is 9.70. The molecule has 0 aliphatic heterocycles. The third-order valence-corrected chi connectivity index (χ3v) is 1.15. The molecule has 5 nitrogen and oxygen atoms in total. The molecule has 0 heterocycles. The van der Waals surface area contributed by atoms with E-state index in [0.29, 0.717) is 6.42 Å². The maximum atomic E-state index is 10.1. The summed E-state index contributed by atoms with van der Waals surface area (Å²) in [5.74, 6) is -1.70. The van der Waals surface area contributed by atoms with Crippen LogP contribution in [-0.2, 0) is 14.4 Å². The molecular weight excluding hydrogens is 188 g/mol.